The van der Waals surface area contributed by atoms with Gasteiger partial charge in [-0.05, 0) is 36.6 Å². The van der Waals surface area contributed by atoms with Crippen LogP contribution in [-0.2, 0) is 9.59 Å². The average molecular weight is 293 g/mol. The van der Waals surface area contributed by atoms with Crippen molar-refractivity contribution in [2.45, 2.75) is 13.8 Å². The Bertz CT molecular complexity index is 806. The highest BCUT2D eigenvalue weighted by Crippen LogP contribution is 2.33. The number of aliphatic hydroxyl groups excluding tert-OH is 1. The summed E-state index contributed by atoms with van der Waals surface area (Å²) in [6, 6.07) is 14.3. The number of rotatable bonds is 2. The van der Waals surface area contributed by atoms with E-state index in [-0.39, 0.29) is 5.57 Å². The van der Waals surface area contributed by atoms with E-state index in [9.17, 15) is 14.7 Å². The molecule has 22 heavy (non-hydrogen) atoms. The molecule has 0 radical (unpaired) electrons. The van der Waals surface area contributed by atoms with Gasteiger partial charge in [0.15, 0.2) is 5.76 Å². The van der Waals surface area contributed by atoms with Crippen LogP contribution < -0.4 is 4.90 Å². The van der Waals surface area contributed by atoms with Gasteiger partial charge in [-0.2, -0.15) is 0 Å². The summed E-state index contributed by atoms with van der Waals surface area (Å²) in [6.45, 7) is 3.71. The Morgan fingerprint density at radius 1 is 0.909 bits per heavy atom. The van der Waals surface area contributed by atoms with Crippen molar-refractivity contribution in [3.63, 3.8) is 0 Å². The third-order valence-electron chi connectivity index (χ3n) is 3.73. The van der Waals surface area contributed by atoms with E-state index in [4.69, 9.17) is 0 Å². The first-order chi connectivity index (χ1) is 10.5. The molecule has 2 aromatic rings. The summed E-state index contributed by atoms with van der Waals surface area (Å²) in [6.07, 6.45) is 0. The van der Waals surface area contributed by atoms with E-state index in [2.05, 4.69) is 0 Å². The minimum absolute atomic E-state index is 0.0477. The van der Waals surface area contributed by atoms with Crippen LogP contribution >= 0.6 is 0 Å². The normalized spacial score (nSPS) is 14.9. The maximum Gasteiger partial charge on any atom is 0.301 e. The molecule has 1 N–H and O–H groups in total. The lowest BCUT2D eigenvalue weighted by Gasteiger charge is -2.17. The Balaban J connectivity index is 2.11. The van der Waals surface area contributed by atoms with Crippen LogP contribution in [0.4, 0.5) is 5.69 Å². The van der Waals surface area contributed by atoms with Crippen LogP contribution in [0.2, 0.25) is 0 Å². The maximum absolute atomic E-state index is 12.7. The number of imide groups is 1. The number of hydrogen-bond acceptors (Lipinski definition) is 3. The van der Waals surface area contributed by atoms with Gasteiger partial charge < -0.3 is 5.11 Å². The molecule has 1 heterocycles. The maximum atomic E-state index is 12.7. The molecular formula is C18H15NO3. The van der Waals surface area contributed by atoms with Crippen LogP contribution in [0, 0.1) is 13.8 Å². The van der Waals surface area contributed by atoms with E-state index in [1.807, 2.05) is 32.0 Å². The zero-order valence-corrected chi connectivity index (χ0v) is 12.3. The largest absolute Gasteiger partial charge is 0.502 e. The third kappa shape index (κ3) is 2.09. The molecular weight excluding hydrogens is 278 g/mol. The molecule has 0 bridgehead atoms. The molecule has 0 aromatic heterocycles. The molecule has 2 amide bonds. The molecule has 0 saturated heterocycles. The minimum Gasteiger partial charge on any atom is -0.502 e. The fourth-order valence-electron chi connectivity index (χ4n) is 2.56. The van der Waals surface area contributed by atoms with Gasteiger partial charge in [0.05, 0.1) is 11.3 Å². The van der Waals surface area contributed by atoms with Gasteiger partial charge in [-0.1, -0.05) is 42.5 Å². The van der Waals surface area contributed by atoms with Crippen LogP contribution in [0.5, 0.6) is 0 Å². The van der Waals surface area contributed by atoms with Crippen LogP contribution in [0.15, 0.2) is 54.3 Å². The highest BCUT2D eigenvalue weighted by Gasteiger charge is 2.40. The highest BCUT2D eigenvalue weighted by atomic mass is 16.3. The Kier molecular flexibility index (Phi) is 3.29. The molecule has 0 spiro atoms. The van der Waals surface area contributed by atoms with E-state index >= 15 is 0 Å². The van der Waals surface area contributed by atoms with Crippen LogP contribution in [0.1, 0.15) is 16.7 Å². The minimum atomic E-state index is -0.683. The second kappa shape index (κ2) is 5.15. The van der Waals surface area contributed by atoms with Crippen molar-refractivity contribution < 1.29 is 14.7 Å². The molecule has 4 heteroatoms. The second-order valence-corrected chi connectivity index (χ2v) is 5.33. The number of hydrogen-bond donors (Lipinski definition) is 1. The number of carbonyl (C=O) groups is 2. The first-order valence-corrected chi connectivity index (χ1v) is 6.95. The van der Waals surface area contributed by atoms with Gasteiger partial charge in [0.1, 0.15) is 0 Å². The molecule has 1 aliphatic heterocycles. The second-order valence-electron chi connectivity index (χ2n) is 5.33. The summed E-state index contributed by atoms with van der Waals surface area (Å²) in [5.41, 5.74) is 2.83. The molecule has 0 fully saturated rings. The van der Waals surface area contributed by atoms with Gasteiger partial charge in [-0.15, -0.1) is 0 Å². The SMILES string of the molecule is Cc1ccc(C)c(N2C(=O)C(O)=C(c3ccccc3)C2=O)c1. The molecule has 0 aliphatic carbocycles. The van der Waals surface area contributed by atoms with Gasteiger partial charge in [-0.3, -0.25) is 9.59 Å². The van der Waals surface area contributed by atoms with Crippen LogP contribution in [0.3, 0.4) is 0 Å². The number of carbonyl (C=O) groups excluding carboxylic acids is 2. The van der Waals surface area contributed by atoms with E-state index in [0.717, 1.165) is 16.0 Å². The summed E-state index contributed by atoms with van der Waals surface area (Å²) in [7, 11) is 0. The molecule has 110 valence electrons. The molecule has 4 nitrogen and oxygen atoms in total. The zero-order chi connectivity index (χ0) is 15.9. The van der Waals surface area contributed by atoms with Crippen molar-refractivity contribution in [2.75, 3.05) is 4.90 Å². The summed E-state index contributed by atoms with van der Waals surface area (Å²) in [4.78, 5) is 26.1. The number of benzene rings is 2. The smallest absolute Gasteiger partial charge is 0.301 e. The Labute approximate surface area is 128 Å². The van der Waals surface area contributed by atoms with Crippen molar-refractivity contribution >= 4 is 23.1 Å². The molecule has 0 unspecified atom stereocenters. The fraction of sp³-hybridized carbons (Fsp3) is 0.111. The van der Waals surface area contributed by atoms with Crippen molar-refractivity contribution in [2.24, 2.45) is 0 Å². The fourth-order valence-corrected chi connectivity index (χ4v) is 2.56. The molecule has 0 saturated carbocycles. The number of nitrogens with zero attached hydrogens (tertiary/aromatic N) is 1. The predicted molar refractivity (Wildman–Crippen MR) is 84.4 cm³/mol. The highest BCUT2D eigenvalue weighted by molar-refractivity contribution is 6.45. The topological polar surface area (TPSA) is 57.6 Å². The first-order valence-electron chi connectivity index (χ1n) is 6.95. The van der Waals surface area contributed by atoms with E-state index in [1.165, 1.54) is 0 Å². The van der Waals surface area contributed by atoms with Crippen molar-refractivity contribution in [1.29, 1.82) is 0 Å². The monoisotopic (exact) mass is 293 g/mol. The summed E-state index contributed by atoms with van der Waals surface area (Å²) >= 11 is 0. The standard InChI is InChI=1S/C18H15NO3/c1-11-8-9-12(2)14(10-11)19-17(21)15(16(20)18(19)22)13-6-4-3-5-7-13/h3-10,20H,1-2H3. The van der Waals surface area contributed by atoms with Crippen LogP contribution in [0.25, 0.3) is 5.57 Å². The van der Waals surface area contributed by atoms with Crippen LogP contribution in [-0.4, -0.2) is 16.9 Å². The van der Waals surface area contributed by atoms with E-state index in [1.54, 1.807) is 30.3 Å². The number of amides is 2. The zero-order valence-electron chi connectivity index (χ0n) is 12.3. The summed E-state index contributed by atoms with van der Waals surface area (Å²) in [5.74, 6) is -1.68. The number of aryl methyl sites for hydroxylation is 2. The number of anilines is 1. The predicted octanol–water partition coefficient (Wildman–Crippen LogP) is 3.15. The van der Waals surface area contributed by atoms with Gasteiger partial charge >= 0.3 is 5.91 Å². The Morgan fingerprint density at radius 3 is 2.27 bits per heavy atom. The van der Waals surface area contributed by atoms with Crippen molar-refractivity contribution in [3.8, 4) is 0 Å². The Hall–Kier alpha value is -2.88. The van der Waals surface area contributed by atoms with Gasteiger partial charge in [-0.25, -0.2) is 4.90 Å². The summed E-state index contributed by atoms with van der Waals surface area (Å²) in [5, 5.41) is 10.1. The van der Waals surface area contributed by atoms with Crippen molar-refractivity contribution in [3.05, 3.63) is 71.0 Å². The van der Waals surface area contributed by atoms with E-state index in [0.29, 0.717) is 11.3 Å². The molecule has 3 rings (SSSR count). The Morgan fingerprint density at radius 2 is 1.59 bits per heavy atom. The molecule has 1 aliphatic rings. The lowest BCUT2D eigenvalue weighted by Crippen LogP contribution is -2.32. The van der Waals surface area contributed by atoms with Crippen molar-refractivity contribution in [1.82, 2.24) is 0 Å². The van der Waals surface area contributed by atoms with Gasteiger partial charge in [0.2, 0.25) is 0 Å². The lowest BCUT2D eigenvalue weighted by atomic mass is 10.1. The van der Waals surface area contributed by atoms with Gasteiger partial charge in [0, 0.05) is 0 Å². The quantitative estimate of drug-likeness (QED) is 0.865. The average Bonchev–Trinajstić information content (AvgIpc) is 2.73. The first kappa shape index (κ1) is 14.1. The number of aliphatic hydroxyl groups is 1. The van der Waals surface area contributed by atoms with Gasteiger partial charge in [0.25, 0.3) is 5.91 Å². The van der Waals surface area contributed by atoms with E-state index < -0.39 is 17.6 Å². The molecule has 0 atom stereocenters. The molecule has 2 aromatic carbocycles. The lowest BCUT2D eigenvalue weighted by molar-refractivity contribution is -0.121. The summed E-state index contributed by atoms with van der Waals surface area (Å²) < 4.78 is 0. The third-order valence-corrected chi connectivity index (χ3v) is 3.73.